The van der Waals surface area contributed by atoms with Crippen LogP contribution in [0.2, 0.25) is 15.1 Å². The quantitative estimate of drug-likeness (QED) is 0.250. The maximum Gasteiger partial charge on any atom is 0.277 e. The molecule has 5 nitrogen and oxygen atoms in total. The minimum Gasteiger partial charge on any atom is -0.481 e. The van der Waals surface area contributed by atoms with Gasteiger partial charge in [0.05, 0.1) is 16.3 Å². The van der Waals surface area contributed by atoms with Crippen molar-refractivity contribution in [1.29, 1.82) is 0 Å². The number of amides is 1. The van der Waals surface area contributed by atoms with Crippen molar-refractivity contribution in [2.24, 2.45) is 5.10 Å². The number of fused-ring (bicyclic) bond motifs is 1. The van der Waals surface area contributed by atoms with Gasteiger partial charge in [-0.1, -0.05) is 83.3 Å². The summed E-state index contributed by atoms with van der Waals surface area (Å²) in [5, 5.41) is 5.95. The fourth-order valence-corrected chi connectivity index (χ4v) is 4.23. The van der Waals surface area contributed by atoms with Crippen molar-refractivity contribution in [3.05, 3.63) is 99.1 Å². The molecule has 162 valence electrons. The zero-order valence-electron chi connectivity index (χ0n) is 16.8. The Kier molecular flexibility index (Phi) is 7.00. The van der Waals surface area contributed by atoms with Crippen LogP contribution in [0.5, 0.6) is 5.75 Å². The molecule has 4 aromatic rings. The maximum absolute atomic E-state index is 12.1. The second-order valence-electron chi connectivity index (χ2n) is 7.00. The molecule has 0 radical (unpaired) electrons. The van der Waals surface area contributed by atoms with E-state index in [1.165, 1.54) is 17.7 Å². The summed E-state index contributed by atoms with van der Waals surface area (Å²) in [6.45, 7) is 0.437. The van der Waals surface area contributed by atoms with E-state index in [4.69, 9.17) is 39.5 Å². The number of hydrogen-bond acceptors (Lipinski definition) is 3. The Balaban J connectivity index is 1.43. The second-order valence-corrected chi connectivity index (χ2v) is 8.25. The van der Waals surface area contributed by atoms with Gasteiger partial charge < -0.3 is 9.30 Å². The number of aromatic nitrogens is 1. The average molecular weight is 487 g/mol. The van der Waals surface area contributed by atoms with Gasteiger partial charge in [0.25, 0.3) is 5.91 Å². The molecule has 0 unspecified atom stereocenters. The topological polar surface area (TPSA) is 55.6 Å². The van der Waals surface area contributed by atoms with Crippen molar-refractivity contribution in [2.75, 3.05) is 6.61 Å². The number of ether oxygens (including phenoxy) is 1. The van der Waals surface area contributed by atoms with E-state index in [1.807, 2.05) is 42.6 Å². The lowest BCUT2D eigenvalue weighted by atomic mass is 10.2. The number of carbonyl (C=O) groups excluding carboxylic acids is 1. The smallest absolute Gasteiger partial charge is 0.277 e. The molecule has 0 fully saturated rings. The molecule has 1 heterocycles. The van der Waals surface area contributed by atoms with E-state index in [0.717, 1.165) is 23.0 Å². The molecule has 8 heteroatoms. The Morgan fingerprint density at radius 2 is 1.69 bits per heavy atom. The summed E-state index contributed by atoms with van der Waals surface area (Å²) in [5.74, 6) is -0.253. The molecular formula is C24H18Cl3N3O2. The molecule has 0 atom stereocenters. The average Bonchev–Trinajstić information content (AvgIpc) is 3.11. The summed E-state index contributed by atoms with van der Waals surface area (Å²) < 4.78 is 7.57. The Bertz CT molecular complexity index is 1260. The standard InChI is InChI=1S/C24H18Cl3N3O2/c25-18-10-20(26)24(21(27)11-18)32-15-23(31)29-28-12-17-14-30(13-16-6-2-1-3-7-16)22-9-5-4-8-19(17)22/h1-12,14H,13,15H2,(H,29,31)/b28-12+. The van der Waals surface area contributed by atoms with Gasteiger partial charge >= 0.3 is 0 Å². The van der Waals surface area contributed by atoms with Gasteiger partial charge in [0, 0.05) is 34.2 Å². The number of hydrogen-bond donors (Lipinski definition) is 1. The number of carbonyl (C=O) groups is 1. The fraction of sp³-hybridized carbons (Fsp3) is 0.0833. The summed E-state index contributed by atoms with van der Waals surface area (Å²) in [6.07, 6.45) is 3.63. The number of hydrazone groups is 1. The third-order valence-electron chi connectivity index (χ3n) is 4.72. The fourth-order valence-electron chi connectivity index (χ4n) is 3.30. The summed E-state index contributed by atoms with van der Waals surface area (Å²) in [7, 11) is 0. The highest BCUT2D eigenvalue weighted by atomic mass is 35.5. The van der Waals surface area contributed by atoms with Crippen molar-refractivity contribution in [2.45, 2.75) is 6.54 Å². The molecule has 3 aromatic carbocycles. The minimum atomic E-state index is -0.448. The maximum atomic E-state index is 12.1. The summed E-state index contributed by atoms with van der Waals surface area (Å²) >= 11 is 18.0. The molecule has 0 aliphatic rings. The van der Waals surface area contributed by atoms with Crippen LogP contribution in [-0.4, -0.2) is 23.3 Å². The zero-order chi connectivity index (χ0) is 22.5. The molecule has 1 amide bonds. The van der Waals surface area contributed by atoms with Crippen molar-refractivity contribution in [3.8, 4) is 5.75 Å². The van der Waals surface area contributed by atoms with Crippen LogP contribution in [0.4, 0.5) is 0 Å². The lowest BCUT2D eigenvalue weighted by Gasteiger charge is -2.09. The van der Waals surface area contributed by atoms with Crippen LogP contribution in [0.25, 0.3) is 10.9 Å². The van der Waals surface area contributed by atoms with Crippen LogP contribution in [-0.2, 0) is 11.3 Å². The van der Waals surface area contributed by atoms with Gasteiger partial charge in [0.2, 0.25) is 0 Å². The minimum absolute atomic E-state index is 0.195. The Morgan fingerprint density at radius 1 is 1.00 bits per heavy atom. The van der Waals surface area contributed by atoms with Gasteiger partial charge in [0.15, 0.2) is 12.4 Å². The normalized spacial score (nSPS) is 11.2. The molecule has 32 heavy (non-hydrogen) atoms. The number of nitrogens with one attached hydrogen (secondary N) is 1. The lowest BCUT2D eigenvalue weighted by Crippen LogP contribution is -2.24. The third kappa shape index (κ3) is 5.25. The van der Waals surface area contributed by atoms with Crippen LogP contribution in [0, 0.1) is 0 Å². The summed E-state index contributed by atoms with van der Waals surface area (Å²) in [5.41, 5.74) is 5.63. The van der Waals surface area contributed by atoms with Crippen molar-refractivity contribution >= 4 is 57.8 Å². The first-order valence-corrected chi connectivity index (χ1v) is 10.9. The van der Waals surface area contributed by atoms with E-state index in [0.29, 0.717) is 5.02 Å². The van der Waals surface area contributed by atoms with Gasteiger partial charge in [-0.3, -0.25) is 4.79 Å². The van der Waals surface area contributed by atoms with E-state index in [2.05, 4.69) is 33.3 Å². The molecule has 0 aliphatic heterocycles. The summed E-state index contributed by atoms with van der Waals surface area (Å²) in [6, 6.07) is 21.2. The highest BCUT2D eigenvalue weighted by molar-refractivity contribution is 6.40. The zero-order valence-corrected chi connectivity index (χ0v) is 19.0. The van der Waals surface area contributed by atoms with Crippen LogP contribution >= 0.6 is 34.8 Å². The van der Waals surface area contributed by atoms with Crippen molar-refractivity contribution < 1.29 is 9.53 Å². The number of nitrogens with zero attached hydrogens (tertiary/aromatic N) is 2. The van der Waals surface area contributed by atoms with Gasteiger partial charge in [-0.05, 0) is 23.8 Å². The van der Waals surface area contributed by atoms with Crippen LogP contribution in [0.1, 0.15) is 11.1 Å². The Morgan fingerprint density at radius 3 is 2.44 bits per heavy atom. The molecule has 0 saturated heterocycles. The van der Waals surface area contributed by atoms with Crippen LogP contribution in [0.15, 0.2) is 78.0 Å². The first-order chi connectivity index (χ1) is 15.5. The Labute approximate surface area is 200 Å². The van der Waals surface area contributed by atoms with E-state index >= 15 is 0 Å². The number of benzene rings is 3. The van der Waals surface area contributed by atoms with Gasteiger partial charge in [-0.25, -0.2) is 5.43 Å². The molecule has 0 spiro atoms. The van der Waals surface area contributed by atoms with Crippen LogP contribution < -0.4 is 10.2 Å². The van der Waals surface area contributed by atoms with Crippen molar-refractivity contribution in [3.63, 3.8) is 0 Å². The predicted molar refractivity (Wildman–Crippen MR) is 130 cm³/mol. The lowest BCUT2D eigenvalue weighted by molar-refractivity contribution is -0.123. The monoisotopic (exact) mass is 485 g/mol. The van der Waals surface area contributed by atoms with E-state index in [1.54, 1.807) is 6.21 Å². The second kappa shape index (κ2) is 10.1. The first kappa shape index (κ1) is 22.2. The molecule has 0 saturated carbocycles. The molecule has 1 aromatic heterocycles. The SMILES string of the molecule is O=C(COc1c(Cl)cc(Cl)cc1Cl)N/N=C/c1cn(Cc2ccccc2)c2ccccc12. The highest BCUT2D eigenvalue weighted by Gasteiger charge is 2.11. The van der Waals surface area contributed by atoms with Gasteiger partial charge in [-0.2, -0.15) is 5.10 Å². The molecule has 0 aliphatic carbocycles. The largest absolute Gasteiger partial charge is 0.481 e. The van der Waals surface area contributed by atoms with E-state index in [-0.39, 0.29) is 22.4 Å². The van der Waals surface area contributed by atoms with Gasteiger partial charge in [0.1, 0.15) is 0 Å². The number of para-hydroxylation sites is 1. The molecule has 0 bridgehead atoms. The summed E-state index contributed by atoms with van der Waals surface area (Å²) in [4.78, 5) is 12.1. The molecular weight excluding hydrogens is 469 g/mol. The van der Waals surface area contributed by atoms with Crippen LogP contribution in [0.3, 0.4) is 0 Å². The number of rotatable bonds is 7. The van der Waals surface area contributed by atoms with E-state index < -0.39 is 5.91 Å². The van der Waals surface area contributed by atoms with E-state index in [9.17, 15) is 4.79 Å². The molecule has 4 rings (SSSR count). The van der Waals surface area contributed by atoms with Gasteiger partial charge in [-0.15, -0.1) is 0 Å². The third-order valence-corrected chi connectivity index (χ3v) is 5.50. The highest BCUT2D eigenvalue weighted by Crippen LogP contribution is 2.35. The first-order valence-electron chi connectivity index (χ1n) is 9.72. The van der Waals surface area contributed by atoms with Crippen molar-refractivity contribution in [1.82, 2.24) is 9.99 Å². The predicted octanol–water partition coefficient (Wildman–Crippen LogP) is 6.18. The number of halogens is 3. The molecule has 1 N–H and O–H groups in total. The Hall–Kier alpha value is -2.99.